The summed E-state index contributed by atoms with van der Waals surface area (Å²) >= 11 is 0. The van der Waals surface area contributed by atoms with E-state index >= 15 is 0 Å². The van der Waals surface area contributed by atoms with Gasteiger partial charge in [0.15, 0.2) is 23.4 Å². The van der Waals surface area contributed by atoms with Gasteiger partial charge in [0.1, 0.15) is 6.33 Å². The lowest BCUT2D eigenvalue weighted by Crippen LogP contribution is -2.10. The molecule has 1 unspecified atom stereocenters. The normalized spacial score (nSPS) is 12.4. The second-order valence-electron chi connectivity index (χ2n) is 5.61. The van der Waals surface area contributed by atoms with Gasteiger partial charge in [-0.05, 0) is 19.4 Å². The lowest BCUT2D eigenvalue weighted by atomic mass is 10.2. The summed E-state index contributed by atoms with van der Waals surface area (Å²) in [6.45, 7) is 3.94. The number of hydrogen-bond acceptors (Lipinski definition) is 6. The largest absolute Gasteiger partial charge is 0.465 e. The van der Waals surface area contributed by atoms with Crippen LogP contribution in [0.1, 0.15) is 31.3 Å². The van der Waals surface area contributed by atoms with Gasteiger partial charge >= 0.3 is 0 Å². The number of aromatic amines is 1. The van der Waals surface area contributed by atoms with E-state index in [0.29, 0.717) is 23.2 Å². The van der Waals surface area contributed by atoms with Crippen molar-refractivity contribution < 1.29 is 4.74 Å². The molecule has 0 aliphatic carbocycles. The molecule has 4 aromatic rings. The van der Waals surface area contributed by atoms with Gasteiger partial charge in [0.25, 0.3) is 0 Å². The lowest BCUT2D eigenvalue weighted by molar-refractivity contribution is 0.202. The average molecular weight is 335 g/mol. The number of aromatic nitrogens is 7. The molecule has 4 rings (SSSR count). The smallest absolute Gasteiger partial charge is 0.235 e. The van der Waals surface area contributed by atoms with Gasteiger partial charge in [0, 0.05) is 11.1 Å². The summed E-state index contributed by atoms with van der Waals surface area (Å²) in [6.07, 6.45) is 1.98. The number of nitrogens with zero attached hydrogens (tertiary/aromatic N) is 6. The predicted octanol–water partition coefficient (Wildman–Crippen LogP) is 2.61. The average Bonchev–Trinajstić information content (AvgIpc) is 3.31. The van der Waals surface area contributed by atoms with Crippen LogP contribution in [0.25, 0.3) is 17.0 Å². The number of H-pyrrole nitrogens is 1. The van der Waals surface area contributed by atoms with E-state index in [1.165, 1.54) is 6.33 Å². The number of aryl methyl sites for hydroxylation is 1. The van der Waals surface area contributed by atoms with Crippen LogP contribution in [-0.2, 0) is 6.42 Å². The number of fused-ring (bicyclic) bond motifs is 1. The first-order valence-electron chi connectivity index (χ1n) is 8.09. The number of nitrogens with one attached hydrogen (secondary N) is 1. The molecule has 0 saturated carbocycles. The Morgan fingerprint density at radius 3 is 2.76 bits per heavy atom. The van der Waals surface area contributed by atoms with Crippen LogP contribution in [0, 0.1) is 0 Å². The van der Waals surface area contributed by atoms with Crippen LogP contribution in [0.4, 0.5) is 0 Å². The maximum absolute atomic E-state index is 6.02. The fraction of sp³-hybridized carbons (Fsp3) is 0.235. The summed E-state index contributed by atoms with van der Waals surface area (Å²) in [5, 5.41) is 19.9. The molecule has 0 amide bonds. The van der Waals surface area contributed by atoms with Crippen LogP contribution >= 0.6 is 0 Å². The van der Waals surface area contributed by atoms with Gasteiger partial charge in [0.2, 0.25) is 5.88 Å². The molecule has 0 bridgehead atoms. The molecule has 0 spiro atoms. The van der Waals surface area contributed by atoms with Crippen molar-refractivity contribution in [2.45, 2.75) is 26.4 Å². The van der Waals surface area contributed by atoms with Gasteiger partial charge in [-0.1, -0.05) is 37.3 Å². The Morgan fingerprint density at radius 1 is 1.20 bits per heavy atom. The maximum Gasteiger partial charge on any atom is 0.235 e. The van der Waals surface area contributed by atoms with Crippen LogP contribution in [0.5, 0.6) is 5.88 Å². The number of rotatable bonds is 5. The topological polar surface area (TPSA) is 93.9 Å². The first kappa shape index (κ1) is 15.3. The van der Waals surface area contributed by atoms with E-state index < -0.39 is 0 Å². The first-order chi connectivity index (χ1) is 12.3. The van der Waals surface area contributed by atoms with Crippen molar-refractivity contribution >= 4 is 5.65 Å². The van der Waals surface area contributed by atoms with Crippen LogP contribution in [0.2, 0.25) is 0 Å². The van der Waals surface area contributed by atoms with E-state index in [9.17, 15) is 0 Å². The molecule has 0 saturated heterocycles. The molecule has 8 nitrogen and oxygen atoms in total. The number of ether oxygens (including phenoxy) is 1. The van der Waals surface area contributed by atoms with Gasteiger partial charge in [-0.3, -0.25) is 5.10 Å². The zero-order valence-electron chi connectivity index (χ0n) is 13.9. The molecule has 0 aliphatic rings. The first-order valence-corrected chi connectivity index (χ1v) is 8.09. The molecular weight excluding hydrogens is 318 g/mol. The van der Waals surface area contributed by atoms with Crippen molar-refractivity contribution in [1.82, 2.24) is 35.0 Å². The number of hydrogen-bond donors (Lipinski definition) is 1. The van der Waals surface area contributed by atoms with Crippen molar-refractivity contribution in [3.63, 3.8) is 0 Å². The van der Waals surface area contributed by atoms with Crippen molar-refractivity contribution in [3.05, 3.63) is 54.1 Å². The molecule has 0 fully saturated rings. The van der Waals surface area contributed by atoms with E-state index in [1.807, 2.05) is 50.2 Å². The fourth-order valence-electron chi connectivity index (χ4n) is 2.61. The van der Waals surface area contributed by atoms with E-state index in [0.717, 1.165) is 17.5 Å². The van der Waals surface area contributed by atoms with Crippen molar-refractivity contribution in [2.75, 3.05) is 0 Å². The summed E-state index contributed by atoms with van der Waals surface area (Å²) in [4.78, 5) is 4.13. The van der Waals surface area contributed by atoms with E-state index in [2.05, 4.69) is 30.5 Å². The molecule has 8 heteroatoms. The molecule has 1 atom stereocenters. The monoisotopic (exact) mass is 335 g/mol. The molecule has 126 valence electrons. The molecule has 1 aromatic carbocycles. The summed E-state index contributed by atoms with van der Waals surface area (Å²) < 4.78 is 7.72. The van der Waals surface area contributed by atoms with Crippen LogP contribution in [-0.4, -0.2) is 35.0 Å². The molecule has 0 radical (unpaired) electrons. The van der Waals surface area contributed by atoms with Crippen molar-refractivity contribution in [2.24, 2.45) is 0 Å². The highest BCUT2D eigenvalue weighted by Crippen LogP contribution is 2.25. The highest BCUT2D eigenvalue weighted by atomic mass is 16.5. The Bertz CT molecular complexity index is 979. The lowest BCUT2D eigenvalue weighted by Gasteiger charge is -2.14. The molecule has 0 aliphatic heterocycles. The Balaban J connectivity index is 1.78. The highest BCUT2D eigenvalue weighted by Gasteiger charge is 2.18. The molecular formula is C17H17N7O. The summed E-state index contributed by atoms with van der Waals surface area (Å²) in [5.41, 5.74) is 2.59. The van der Waals surface area contributed by atoms with E-state index in [1.54, 1.807) is 4.52 Å². The summed E-state index contributed by atoms with van der Waals surface area (Å²) in [6, 6.07) is 11.8. The van der Waals surface area contributed by atoms with Crippen LogP contribution in [0.3, 0.4) is 0 Å². The van der Waals surface area contributed by atoms with Gasteiger partial charge < -0.3 is 4.74 Å². The van der Waals surface area contributed by atoms with Crippen LogP contribution < -0.4 is 4.74 Å². The third-order valence-electron chi connectivity index (χ3n) is 3.93. The minimum absolute atomic E-state index is 0.321. The third-order valence-corrected chi connectivity index (χ3v) is 3.93. The second-order valence-corrected chi connectivity index (χ2v) is 5.61. The molecule has 25 heavy (non-hydrogen) atoms. The Labute approximate surface area is 143 Å². The Kier molecular flexibility index (Phi) is 3.85. The van der Waals surface area contributed by atoms with Crippen LogP contribution in [0.15, 0.2) is 42.7 Å². The van der Waals surface area contributed by atoms with Crippen molar-refractivity contribution in [1.29, 1.82) is 0 Å². The molecule has 3 heterocycles. The van der Waals surface area contributed by atoms with Crippen molar-refractivity contribution in [3.8, 4) is 17.3 Å². The van der Waals surface area contributed by atoms with E-state index in [-0.39, 0.29) is 6.10 Å². The maximum atomic E-state index is 6.02. The highest BCUT2D eigenvalue weighted by molar-refractivity contribution is 5.59. The summed E-state index contributed by atoms with van der Waals surface area (Å²) in [7, 11) is 0. The standard InChI is InChI=1S/C17H17N7O/c1-3-12-9-14-20-22-16(13-7-5-4-6-8-13)24(14)23-17(12)25-11(2)15-18-10-19-21-15/h4-11H,3H2,1-2H3,(H,18,19,21). The molecule has 1 N–H and O–H groups in total. The zero-order chi connectivity index (χ0) is 17.2. The second kappa shape index (κ2) is 6.31. The van der Waals surface area contributed by atoms with Gasteiger partial charge in [-0.2, -0.15) is 9.61 Å². The Morgan fingerprint density at radius 2 is 2.04 bits per heavy atom. The zero-order valence-corrected chi connectivity index (χ0v) is 13.9. The van der Waals surface area contributed by atoms with E-state index in [4.69, 9.17) is 4.74 Å². The SMILES string of the molecule is CCc1cc2nnc(-c3ccccc3)n2nc1OC(C)c1nc[nH]n1. The minimum Gasteiger partial charge on any atom is -0.465 e. The van der Waals surface area contributed by atoms with Gasteiger partial charge in [-0.25, -0.2) is 4.98 Å². The predicted molar refractivity (Wildman–Crippen MR) is 91.0 cm³/mol. The minimum atomic E-state index is -0.321. The van der Waals surface area contributed by atoms with Gasteiger partial charge in [0.05, 0.1) is 0 Å². The van der Waals surface area contributed by atoms with Gasteiger partial charge in [-0.15, -0.1) is 15.3 Å². The quantitative estimate of drug-likeness (QED) is 0.602. The third kappa shape index (κ3) is 2.82. The molecule has 3 aromatic heterocycles. The number of benzene rings is 1. The fourth-order valence-corrected chi connectivity index (χ4v) is 2.61. The Hall–Kier alpha value is -3.29. The summed E-state index contributed by atoms with van der Waals surface area (Å²) in [5.74, 6) is 1.79.